The van der Waals surface area contributed by atoms with Crippen molar-refractivity contribution >= 4 is 5.91 Å². The van der Waals surface area contributed by atoms with Crippen molar-refractivity contribution in [1.82, 2.24) is 10.2 Å². The lowest BCUT2D eigenvalue weighted by molar-refractivity contribution is -0.129. The van der Waals surface area contributed by atoms with Gasteiger partial charge in [-0.15, -0.1) is 0 Å². The van der Waals surface area contributed by atoms with Crippen LogP contribution >= 0.6 is 0 Å². The molecule has 0 saturated heterocycles. The Balaban J connectivity index is 2.64. The average molecular weight is 294 g/mol. The Morgan fingerprint density at radius 3 is 2.71 bits per heavy atom. The van der Waals surface area contributed by atoms with Crippen LogP contribution < -0.4 is 14.8 Å². The maximum absolute atomic E-state index is 11.5. The Bertz CT molecular complexity index is 447. The van der Waals surface area contributed by atoms with E-state index >= 15 is 0 Å². The van der Waals surface area contributed by atoms with Crippen molar-refractivity contribution in [3.8, 4) is 11.5 Å². The molecule has 1 aromatic carbocycles. The molecule has 1 amide bonds. The van der Waals surface area contributed by atoms with E-state index in [-0.39, 0.29) is 5.91 Å². The summed E-state index contributed by atoms with van der Waals surface area (Å²) in [6.45, 7) is 4.19. The van der Waals surface area contributed by atoms with Crippen molar-refractivity contribution in [2.24, 2.45) is 0 Å². The lowest BCUT2D eigenvalue weighted by atomic mass is 10.2. The number of rotatable bonds is 9. The fourth-order valence-electron chi connectivity index (χ4n) is 1.83. The van der Waals surface area contributed by atoms with Crippen LogP contribution in [0.15, 0.2) is 18.2 Å². The summed E-state index contributed by atoms with van der Waals surface area (Å²) >= 11 is 0. The topological polar surface area (TPSA) is 50.8 Å². The lowest BCUT2D eigenvalue weighted by Crippen LogP contribution is -2.23. The van der Waals surface area contributed by atoms with Crippen molar-refractivity contribution in [2.75, 3.05) is 34.4 Å². The Hall–Kier alpha value is -1.75. The highest BCUT2D eigenvalue weighted by molar-refractivity contribution is 5.75. The summed E-state index contributed by atoms with van der Waals surface area (Å²) in [4.78, 5) is 13.1. The molecule has 0 heterocycles. The predicted octanol–water partition coefficient (Wildman–Crippen LogP) is 2.05. The summed E-state index contributed by atoms with van der Waals surface area (Å²) in [6, 6.07) is 5.72. The standard InChI is InChI=1S/C16H26N2O3/c1-5-9-17-12-13-11-14(20-4)6-7-15(13)21-10-8-16(19)18(2)3/h6-7,11,17H,5,8-10,12H2,1-4H3. The third-order valence-corrected chi connectivity index (χ3v) is 3.08. The molecule has 0 aliphatic heterocycles. The molecule has 0 aliphatic rings. The third-order valence-electron chi connectivity index (χ3n) is 3.08. The molecule has 0 aromatic heterocycles. The van der Waals surface area contributed by atoms with Gasteiger partial charge >= 0.3 is 0 Å². The van der Waals surface area contributed by atoms with Gasteiger partial charge in [-0.2, -0.15) is 0 Å². The highest BCUT2D eigenvalue weighted by Crippen LogP contribution is 2.24. The molecule has 1 rings (SSSR count). The minimum Gasteiger partial charge on any atom is -0.497 e. The Kier molecular flexibility index (Phi) is 7.61. The monoisotopic (exact) mass is 294 g/mol. The molecule has 1 N–H and O–H groups in total. The van der Waals surface area contributed by atoms with Gasteiger partial charge in [0.05, 0.1) is 20.1 Å². The Morgan fingerprint density at radius 2 is 2.10 bits per heavy atom. The van der Waals surface area contributed by atoms with Crippen molar-refractivity contribution in [3.63, 3.8) is 0 Å². The molecule has 0 fully saturated rings. The van der Waals surface area contributed by atoms with Gasteiger partial charge in [-0.05, 0) is 31.2 Å². The summed E-state index contributed by atoms with van der Waals surface area (Å²) in [5.74, 6) is 1.67. The largest absolute Gasteiger partial charge is 0.497 e. The zero-order valence-electron chi connectivity index (χ0n) is 13.4. The van der Waals surface area contributed by atoms with Crippen molar-refractivity contribution in [1.29, 1.82) is 0 Å². The van der Waals surface area contributed by atoms with Gasteiger partial charge in [-0.3, -0.25) is 4.79 Å². The van der Waals surface area contributed by atoms with E-state index in [0.717, 1.165) is 36.6 Å². The van der Waals surface area contributed by atoms with Gasteiger partial charge in [0.25, 0.3) is 0 Å². The maximum atomic E-state index is 11.5. The summed E-state index contributed by atoms with van der Waals surface area (Å²) in [6.07, 6.45) is 1.46. The second kappa shape index (κ2) is 9.23. The van der Waals surface area contributed by atoms with Crippen molar-refractivity contribution in [3.05, 3.63) is 23.8 Å². The van der Waals surface area contributed by atoms with E-state index in [4.69, 9.17) is 9.47 Å². The van der Waals surface area contributed by atoms with Crippen LogP contribution in [0.25, 0.3) is 0 Å². The number of methoxy groups -OCH3 is 1. The van der Waals surface area contributed by atoms with Crippen LogP contribution in [-0.2, 0) is 11.3 Å². The van der Waals surface area contributed by atoms with E-state index < -0.39 is 0 Å². The maximum Gasteiger partial charge on any atom is 0.225 e. The van der Waals surface area contributed by atoms with E-state index in [1.807, 2.05) is 18.2 Å². The fourth-order valence-corrected chi connectivity index (χ4v) is 1.83. The molecule has 0 aliphatic carbocycles. The van der Waals surface area contributed by atoms with E-state index in [1.54, 1.807) is 26.1 Å². The molecule has 0 atom stereocenters. The number of hydrogen-bond acceptors (Lipinski definition) is 4. The van der Waals surface area contributed by atoms with E-state index in [2.05, 4.69) is 12.2 Å². The van der Waals surface area contributed by atoms with Gasteiger partial charge in [-0.1, -0.05) is 6.92 Å². The van der Waals surface area contributed by atoms with Gasteiger partial charge in [-0.25, -0.2) is 0 Å². The summed E-state index contributed by atoms with van der Waals surface area (Å²) in [5.41, 5.74) is 1.04. The quantitative estimate of drug-likeness (QED) is 0.708. The third kappa shape index (κ3) is 6.04. The van der Waals surface area contributed by atoms with Crippen LogP contribution in [0.1, 0.15) is 25.3 Å². The van der Waals surface area contributed by atoms with E-state index in [9.17, 15) is 4.79 Å². The normalized spacial score (nSPS) is 10.3. The first-order valence-corrected chi connectivity index (χ1v) is 7.29. The summed E-state index contributed by atoms with van der Waals surface area (Å²) < 4.78 is 11.0. The fraction of sp³-hybridized carbons (Fsp3) is 0.562. The first-order chi connectivity index (χ1) is 10.1. The van der Waals surface area contributed by atoms with E-state index in [0.29, 0.717) is 13.0 Å². The highest BCUT2D eigenvalue weighted by atomic mass is 16.5. The van der Waals surface area contributed by atoms with Crippen LogP contribution in [0.4, 0.5) is 0 Å². The Morgan fingerprint density at radius 1 is 1.33 bits per heavy atom. The molecule has 21 heavy (non-hydrogen) atoms. The number of hydrogen-bond donors (Lipinski definition) is 1. The number of carbonyl (C=O) groups is 1. The van der Waals surface area contributed by atoms with Gasteiger partial charge < -0.3 is 19.7 Å². The zero-order valence-corrected chi connectivity index (χ0v) is 13.4. The molecule has 5 nitrogen and oxygen atoms in total. The van der Waals surface area contributed by atoms with E-state index in [1.165, 1.54) is 0 Å². The van der Waals surface area contributed by atoms with Crippen molar-refractivity contribution in [2.45, 2.75) is 26.3 Å². The van der Waals surface area contributed by atoms with Gasteiger partial charge in [0.2, 0.25) is 5.91 Å². The van der Waals surface area contributed by atoms with Gasteiger partial charge in [0.15, 0.2) is 0 Å². The van der Waals surface area contributed by atoms with Crippen LogP contribution in [-0.4, -0.2) is 45.2 Å². The second-order valence-electron chi connectivity index (χ2n) is 5.04. The van der Waals surface area contributed by atoms with Crippen LogP contribution in [0.3, 0.4) is 0 Å². The second-order valence-corrected chi connectivity index (χ2v) is 5.04. The number of ether oxygens (including phenoxy) is 2. The molecule has 0 unspecified atom stereocenters. The predicted molar refractivity (Wildman–Crippen MR) is 83.8 cm³/mol. The number of nitrogens with zero attached hydrogens (tertiary/aromatic N) is 1. The van der Waals surface area contributed by atoms with Crippen molar-refractivity contribution < 1.29 is 14.3 Å². The number of nitrogens with one attached hydrogen (secondary N) is 1. The minimum absolute atomic E-state index is 0.0640. The Labute approximate surface area is 127 Å². The van der Waals surface area contributed by atoms with Crippen LogP contribution in [0.2, 0.25) is 0 Å². The number of amides is 1. The summed E-state index contributed by atoms with van der Waals surface area (Å²) in [7, 11) is 5.14. The molecule has 0 radical (unpaired) electrons. The zero-order chi connectivity index (χ0) is 15.7. The van der Waals surface area contributed by atoms with Crippen LogP contribution in [0, 0.1) is 0 Å². The average Bonchev–Trinajstić information content (AvgIpc) is 2.48. The molecule has 118 valence electrons. The smallest absolute Gasteiger partial charge is 0.225 e. The molecule has 0 saturated carbocycles. The first-order valence-electron chi connectivity index (χ1n) is 7.29. The SMILES string of the molecule is CCCNCc1cc(OC)ccc1OCCC(=O)N(C)C. The molecule has 0 bridgehead atoms. The first kappa shape index (κ1) is 17.3. The van der Waals surface area contributed by atoms with Gasteiger partial charge in [0, 0.05) is 26.2 Å². The molecular weight excluding hydrogens is 268 g/mol. The molecule has 0 spiro atoms. The number of benzene rings is 1. The lowest BCUT2D eigenvalue weighted by Gasteiger charge is -2.14. The highest BCUT2D eigenvalue weighted by Gasteiger charge is 2.08. The van der Waals surface area contributed by atoms with Gasteiger partial charge in [0.1, 0.15) is 11.5 Å². The van der Waals surface area contributed by atoms with Crippen LogP contribution in [0.5, 0.6) is 11.5 Å². The summed E-state index contributed by atoms with van der Waals surface area (Å²) in [5, 5.41) is 3.35. The molecular formula is C16H26N2O3. The molecule has 5 heteroatoms. The molecule has 1 aromatic rings. The number of carbonyl (C=O) groups excluding carboxylic acids is 1. The minimum atomic E-state index is 0.0640.